The van der Waals surface area contributed by atoms with Crippen molar-refractivity contribution >= 4 is 17.7 Å². The minimum absolute atomic E-state index is 0.0490. The standard InChI is InChI=1S/C23H33N3O3/c1-2-3-4-8-17-25-22(29)26-19(11-12-20(24)27)21(28)23(15-16-23)14-13-18-9-6-5-7-10-18/h5-7,9-12,19H,2-4,8,13-17H2,1H3,(H2,24,27)(H2,25,26,29)/b12-11+. The maximum atomic E-state index is 13.2. The number of rotatable bonds is 13. The fourth-order valence-electron chi connectivity index (χ4n) is 3.47. The Balaban J connectivity index is 1.94. The number of aryl methyl sites for hydroxylation is 1. The van der Waals surface area contributed by atoms with Crippen LogP contribution in [0.5, 0.6) is 0 Å². The fraction of sp³-hybridized carbons (Fsp3) is 0.522. The van der Waals surface area contributed by atoms with Crippen molar-refractivity contribution in [3.63, 3.8) is 0 Å². The third-order valence-corrected chi connectivity index (χ3v) is 5.45. The lowest BCUT2D eigenvalue weighted by Gasteiger charge is -2.21. The second-order valence-electron chi connectivity index (χ2n) is 7.83. The number of primary amides is 1. The molecule has 0 aromatic heterocycles. The Morgan fingerprint density at radius 2 is 1.86 bits per heavy atom. The first kappa shape index (κ1) is 22.7. The number of hydrogen-bond donors (Lipinski definition) is 3. The molecule has 4 N–H and O–H groups in total. The summed E-state index contributed by atoms with van der Waals surface area (Å²) in [5.74, 6) is -0.689. The Kier molecular flexibility index (Phi) is 8.90. The minimum Gasteiger partial charge on any atom is -0.366 e. The SMILES string of the molecule is CCCCCCNC(=O)NC(/C=C/C(N)=O)C(=O)C1(CCc2ccccc2)CC1. The summed E-state index contributed by atoms with van der Waals surface area (Å²) < 4.78 is 0. The van der Waals surface area contributed by atoms with E-state index in [0.717, 1.165) is 57.4 Å². The monoisotopic (exact) mass is 399 g/mol. The van der Waals surface area contributed by atoms with Gasteiger partial charge < -0.3 is 16.4 Å². The molecule has 0 radical (unpaired) electrons. The number of benzene rings is 1. The van der Waals surface area contributed by atoms with Gasteiger partial charge in [-0.25, -0.2) is 4.79 Å². The van der Waals surface area contributed by atoms with Gasteiger partial charge in [0.1, 0.15) is 6.04 Å². The lowest BCUT2D eigenvalue weighted by molar-refractivity contribution is -0.125. The molecule has 6 nitrogen and oxygen atoms in total. The normalized spacial score (nSPS) is 15.6. The van der Waals surface area contributed by atoms with Crippen LogP contribution in [0.25, 0.3) is 0 Å². The van der Waals surface area contributed by atoms with E-state index in [4.69, 9.17) is 5.73 Å². The van der Waals surface area contributed by atoms with E-state index >= 15 is 0 Å². The highest BCUT2D eigenvalue weighted by atomic mass is 16.2. The van der Waals surface area contributed by atoms with Crippen molar-refractivity contribution in [1.29, 1.82) is 0 Å². The minimum atomic E-state index is -0.851. The second-order valence-corrected chi connectivity index (χ2v) is 7.83. The zero-order valence-electron chi connectivity index (χ0n) is 17.3. The summed E-state index contributed by atoms with van der Waals surface area (Å²) in [7, 11) is 0. The first-order valence-corrected chi connectivity index (χ1v) is 10.6. The molecule has 29 heavy (non-hydrogen) atoms. The van der Waals surface area contributed by atoms with Crippen LogP contribution in [0.4, 0.5) is 4.79 Å². The van der Waals surface area contributed by atoms with Gasteiger partial charge in [-0.1, -0.05) is 56.5 Å². The number of hydrogen-bond acceptors (Lipinski definition) is 3. The molecule has 2 rings (SSSR count). The number of carbonyl (C=O) groups is 3. The van der Waals surface area contributed by atoms with Crippen molar-refractivity contribution < 1.29 is 14.4 Å². The molecule has 158 valence electrons. The number of nitrogens with two attached hydrogens (primary N) is 1. The van der Waals surface area contributed by atoms with Crippen LogP contribution in [0.1, 0.15) is 57.4 Å². The van der Waals surface area contributed by atoms with E-state index in [-0.39, 0.29) is 5.78 Å². The number of Topliss-reactive ketones (excluding diaryl/α,β-unsaturated/α-hetero) is 1. The first-order valence-electron chi connectivity index (χ1n) is 10.6. The molecule has 1 unspecified atom stereocenters. The van der Waals surface area contributed by atoms with Gasteiger partial charge in [-0.3, -0.25) is 9.59 Å². The third-order valence-electron chi connectivity index (χ3n) is 5.45. The van der Waals surface area contributed by atoms with E-state index in [1.807, 2.05) is 18.2 Å². The van der Waals surface area contributed by atoms with Crippen LogP contribution < -0.4 is 16.4 Å². The van der Waals surface area contributed by atoms with Gasteiger partial charge in [0.15, 0.2) is 5.78 Å². The number of amides is 3. The molecular formula is C23H33N3O3. The maximum absolute atomic E-state index is 13.2. The number of nitrogens with one attached hydrogen (secondary N) is 2. The molecule has 1 aliphatic carbocycles. The summed E-state index contributed by atoms with van der Waals surface area (Å²) in [5.41, 5.74) is 5.95. The van der Waals surface area contributed by atoms with Gasteiger partial charge in [0.2, 0.25) is 5.91 Å². The second kappa shape index (κ2) is 11.4. The molecule has 1 aromatic carbocycles. The first-order chi connectivity index (χ1) is 14.0. The topological polar surface area (TPSA) is 101 Å². The average Bonchev–Trinajstić information content (AvgIpc) is 3.51. The quantitative estimate of drug-likeness (QED) is 0.350. The molecule has 1 aliphatic rings. The highest BCUT2D eigenvalue weighted by Crippen LogP contribution is 2.51. The number of ketones is 1. The zero-order chi connectivity index (χ0) is 21.1. The lowest BCUT2D eigenvalue weighted by atomic mass is 9.88. The highest BCUT2D eigenvalue weighted by Gasteiger charge is 2.50. The van der Waals surface area contributed by atoms with Gasteiger partial charge in [0.25, 0.3) is 0 Å². The van der Waals surface area contributed by atoms with Crippen molar-refractivity contribution in [3.05, 3.63) is 48.0 Å². The molecule has 0 bridgehead atoms. The van der Waals surface area contributed by atoms with Crippen LogP contribution in [0.2, 0.25) is 0 Å². The van der Waals surface area contributed by atoms with Crippen molar-refractivity contribution in [3.8, 4) is 0 Å². The molecule has 0 heterocycles. The van der Waals surface area contributed by atoms with E-state index in [2.05, 4.69) is 29.7 Å². The number of carbonyl (C=O) groups excluding carboxylic acids is 3. The Labute approximate surface area is 173 Å². The fourth-order valence-corrected chi connectivity index (χ4v) is 3.47. The van der Waals surface area contributed by atoms with E-state index < -0.39 is 23.4 Å². The van der Waals surface area contributed by atoms with Crippen molar-refractivity contribution in [2.24, 2.45) is 11.1 Å². The predicted octanol–water partition coefficient (Wildman–Crippen LogP) is 3.26. The molecule has 1 aromatic rings. The molecule has 1 saturated carbocycles. The van der Waals surface area contributed by atoms with Gasteiger partial charge in [-0.05, 0) is 43.7 Å². The molecule has 1 atom stereocenters. The van der Waals surface area contributed by atoms with Crippen LogP contribution >= 0.6 is 0 Å². The summed E-state index contributed by atoms with van der Waals surface area (Å²) in [6, 6.07) is 8.80. The maximum Gasteiger partial charge on any atom is 0.315 e. The molecule has 0 spiro atoms. The summed E-state index contributed by atoms with van der Waals surface area (Å²) >= 11 is 0. The molecule has 0 saturated heterocycles. The Morgan fingerprint density at radius 1 is 1.14 bits per heavy atom. The van der Waals surface area contributed by atoms with Crippen molar-refractivity contribution in [2.45, 2.75) is 64.3 Å². The smallest absolute Gasteiger partial charge is 0.315 e. The van der Waals surface area contributed by atoms with Crippen molar-refractivity contribution in [2.75, 3.05) is 6.54 Å². The molecule has 6 heteroatoms. The van der Waals surface area contributed by atoms with Gasteiger partial charge in [0, 0.05) is 18.0 Å². The Hall–Kier alpha value is -2.63. The van der Waals surface area contributed by atoms with Gasteiger partial charge in [-0.15, -0.1) is 0 Å². The van der Waals surface area contributed by atoms with Crippen LogP contribution in [0.3, 0.4) is 0 Å². The largest absolute Gasteiger partial charge is 0.366 e. The van der Waals surface area contributed by atoms with Gasteiger partial charge in [-0.2, -0.15) is 0 Å². The molecular weight excluding hydrogens is 366 g/mol. The molecule has 3 amide bonds. The average molecular weight is 400 g/mol. The highest BCUT2D eigenvalue weighted by molar-refractivity contribution is 5.97. The number of unbranched alkanes of at least 4 members (excludes halogenated alkanes) is 3. The summed E-state index contributed by atoms with van der Waals surface area (Å²) in [6.45, 7) is 2.69. The Bertz CT molecular complexity index is 711. The third kappa shape index (κ3) is 7.72. The summed E-state index contributed by atoms with van der Waals surface area (Å²) in [4.78, 5) is 36.6. The zero-order valence-corrected chi connectivity index (χ0v) is 17.3. The summed E-state index contributed by atoms with van der Waals surface area (Å²) in [6.07, 6.45) is 9.93. The van der Waals surface area contributed by atoms with Crippen LogP contribution in [0.15, 0.2) is 42.5 Å². The lowest BCUT2D eigenvalue weighted by Crippen LogP contribution is -2.47. The van der Waals surface area contributed by atoms with E-state index in [1.54, 1.807) is 0 Å². The summed E-state index contributed by atoms with van der Waals surface area (Å²) in [5, 5.41) is 5.51. The van der Waals surface area contributed by atoms with Gasteiger partial charge >= 0.3 is 6.03 Å². The molecule has 1 fully saturated rings. The number of urea groups is 1. The predicted molar refractivity (Wildman–Crippen MR) is 114 cm³/mol. The van der Waals surface area contributed by atoms with Crippen LogP contribution in [0, 0.1) is 5.41 Å². The van der Waals surface area contributed by atoms with E-state index in [9.17, 15) is 14.4 Å². The van der Waals surface area contributed by atoms with Crippen molar-refractivity contribution in [1.82, 2.24) is 10.6 Å². The van der Waals surface area contributed by atoms with Crippen LogP contribution in [-0.2, 0) is 16.0 Å². The van der Waals surface area contributed by atoms with E-state index in [1.165, 1.54) is 11.6 Å². The van der Waals surface area contributed by atoms with Crippen LogP contribution in [-0.4, -0.2) is 30.3 Å². The molecule has 0 aliphatic heterocycles. The van der Waals surface area contributed by atoms with Gasteiger partial charge in [0.05, 0.1) is 0 Å². The Morgan fingerprint density at radius 3 is 2.48 bits per heavy atom. The van der Waals surface area contributed by atoms with E-state index in [0.29, 0.717) is 6.54 Å².